The van der Waals surface area contributed by atoms with Crippen molar-refractivity contribution in [3.8, 4) is 0 Å². The van der Waals surface area contributed by atoms with E-state index >= 15 is 0 Å². The lowest BCUT2D eigenvalue weighted by molar-refractivity contribution is 0.349. The fourth-order valence-corrected chi connectivity index (χ4v) is 2.04. The molecule has 0 saturated carbocycles. The lowest BCUT2D eigenvalue weighted by atomic mass is 9.92. The van der Waals surface area contributed by atoms with E-state index in [1.807, 2.05) is 13.0 Å². The second-order valence-electron chi connectivity index (χ2n) is 4.94. The van der Waals surface area contributed by atoms with Gasteiger partial charge in [-0.2, -0.15) is 0 Å². The van der Waals surface area contributed by atoms with Crippen molar-refractivity contribution in [2.24, 2.45) is 0 Å². The molecule has 0 fully saturated rings. The quantitative estimate of drug-likeness (QED) is 0.568. The van der Waals surface area contributed by atoms with Crippen LogP contribution in [0.2, 0.25) is 0 Å². The van der Waals surface area contributed by atoms with Gasteiger partial charge in [-0.05, 0) is 39.0 Å². The zero-order valence-electron chi connectivity index (χ0n) is 11.8. The molecule has 1 heterocycles. The Kier molecular flexibility index (Phi) is 5.83. The first kappa shape index (κ1) is 14.7. The zero-order valence-corrected chi connectivity index (χ0v) is 11.8. The molecule has 0 unspecified atom stereocenters. The second kappa shape index (κ2) is 7.15. The van der Waals surface area contributed by atoms with Gasteiger partial charge in [0.1, 0.15) is 7.85 Å². The summed E-state index contributed by atoms with van der Waals surface area (Å²) in [5.41, 5.74) is 4.72. The van der Waals surface area contributed by atoms with Gasteiger partial charge in [-0.25, -0.2) is 0 Å². The molecule has 96 valence electrons. The van der Waals surface area contributed by atoms with Gasteiger partial charge < -0.3 is 10.2 Å². The van der Waals surface area contributed by atoms with E-state index < -0.39 is 0 Å². The van der Waals surface area contributed by atoms with E-state index in [2.05, 4.69) is 42.9 Å². The number of hydrogen-bond donors (Lipinski definition) is 1. The summed E-state index contributed by atoms with van der Waals surface area (Å²) in [4.78, 5) is 2.26. The Balaban J connectivity index is 2.46. The van der Waals surface area contributed by atoms with Crippen LogP contribution in [0.1, 0.15) is 33.6 Å². The molecule has 0 atom stereocenters. The molecule has 0 saturated heterocycles. The largest absolute Gasteiger partial charge is 0.374 e. The Morgan fingerprint density at radius 2 is 2.22 bits per heavy atom. The van der Waals surface area contributed by atoms with Crippen LogP contribution < -0.4 is 5.32 Å². The molecule has 0 aromatic rings. The monoisotopic (exact) mass is 242 g/mol. The predicted octanol–water partition coefficient (Wildman–Crippen LogP) is 3.07. The third-order valence-corrected chi connectivity index (χ3v) is 2.84. The standard InChI is InChI=1S/C15H23BN2/c1-5-15-7-6-14(16)10-18(15)11-17-9-13(4)8-12(2)3/h6-7,9,17H,2,5,8,10-11H2,1,3-4H3/b13-9-. The number of nitrogens with one attached hydrogen (secondary N) is 1. The molecule has 0 aromatic carbocycles. The van der Waals surface area contributed by atoms with Crippen molar-refractivity contribution in [3.63, 3.8) is 0 Å². The van der Waals surface area contributed by atoms with Gasteiger partial charge in [0.2, 0.25) is 0 Å². The summed E-state index contributed by atoms with van der Waals surface area (Å²) in [6.45, 7) is 11.8. The van der Waals surface area contributed by atoms with E-state index in [1.165, 1.54) is 16.8 Å². The van der Waals surface area contributed by atoms with Gasteiger partial charge >= 0.3 is 0 Å². The minimum absolute atomic E-state index is 0.793. The smallest absolute Gasteiger partial charge is 0.110 e. The Morgan fingerprint density at radius 3 is 2.83 bits per heavy atom. The van der Waals surface area contributed by atoms with E-state index in [-0.39, 0.29) is 0 Å². The van der Waals surface area contributed by atoms with Crippen LogP contribution in [-0.4, -0.2) is 26.0 Å². The van der Waals surface area contributed by atoms with Gasteiger partial charge in [-0.15, -0.1) is 0 Å². The van der Waals surface area contributed by atoms with Gasteiger partial charge in [0.25, 0.3) is 0 Å². The summed E-state index contributed by atoms with van der Waals surface area (Å²) in [6, 6.07) is 0. The molecule has 2 radical (unpaired) electrons. The molecule has 2 nitrogen and oxygen atoms in total. The van der Waals surface area contributed by atoms with Crippen molar-refractivity contribution in [1.29, 1.82) is 0 Å². The van der Waals surface area contributed by atoms with E-state index in [9.17, 15) is 0 Å². The molecular weight excluding hydrogens is 219 g/mol. The molecule has 0 spiro atoms. The Morgan fingerprint density at radius 1 is 1.50 bits per heavy atom. The van der Waals surface area contributed by atoms with Crippen LogP contribution in [0.5, 0.6) is 0 Å². The highest BCUT2D eigenvalue weighted by molar-refractivity contribution is 6.22. The first-order valence-electron chi connectivity index (χ1n) is 6.46. The zero-order chi connectivity index (χ0) is 13.5. The molecule has 1 aliphatic rings. The Bertz CT molecular complexity index is 391. The van der Waals surface area contributed by atoms with Crippen LogP contribution in [0.15, 0.2) is 47.2 Å². The molecule has 1 N–H and O–H groups in total. The Labute approximate surface area is 113 Å². The SMILES string of the molecule is [B]C1=CC=C(CC)N(CN/C=C(/C)CC(=C)C)C1. The summed E-state index contributed by atoms with van der Waals surface area (Å²) in [7, 11) is 5.86. The lowest BCUT2D eigenvalue weighted by Crippen LogP contribution is -2.34. The second-order valence-corrected chi connectivity index (χ2v) is 4.94. The van der Waals surface area contributed by atoms with Crippen molar-refractivity contribution < 1.29 is 0 Å². The highest BCUT2D eigenvalue weighted by atomic mass is 15.2. The first-order valence-corrected chi connectivity index (χ1v) is 6.46. The molecular formula is C15H23BN2. The molecule has 1 aliphatic heterocycles. The number of hydrogen-bond acceptors (Lipinski definition) is 2. The first-order chi connectivity index (χ1) is 8.52. The molecule has 18 heavy (non-hydrogen) atoms. The van der Waals surface area contributed by atoms with Gasteiger partial charge in [0, 0.05) is 12.2 Å². The summed E-state index contributed by atoms with van der Waals surface area (Å²) in [6.07, 6.45) is 8.14. The summed E-state index contributed by atoms with van der Waals surface area (Å²) in [5, 5.41) is 3.34. The number of rotatable bonds is 6. The maximum atomic E-state index is 5.86. The molecule has 1 rings (SSSR count). The summed E-state index contributed by atoms with van der Waals surface area (Å²) in [5.74, 6) is 0. The van der Waals surface area contributed by atoms with Crippen LogP contribution in [0, 0.1) is 0 Å². The number of nitrogens with zero attached hydrogens (tertiary/aromatic N) is 1. The highest BCUT2D eigenvalue weighted by Gasteiger charge is 2.10. The van der Waals surface area contributed by atoms with E-state index in [0.29, 0.717) is 0 Å². The van der Waals surface area contributed by atoms with Gasteiger partial charge in [0.05, 0.1) is 6.67 Å². The van der Waals surface area contributed by atoms with Gasteiger partial charge in [-0.1, -0.05) is 36.2 Å². The number of allylic oxidation sites excluding steroid dienone is 5. The predicted molar refractivity (Wildman–Crippen MR) is 80.1 cm³/mol. The average Bonchev–Trinajstić information content (AvgIpc) is 2.28. The highest BCUT2D eigenvalue weighted by Crippen LogP contribution is 2.15. The van der Waals surface area contributed by atoms with Crippen LogP contribution in [0.3, 0.4) is 0 Å². The summed E-state index contributed by atoms with van der Waals surface area (Å²) < 4.78 is 0. The van der Waals surface area contributed by atoms with Gasteiger partial charge in [0.15, 0.2) is 0 Å². The Hall–Kier alpha value is -1.38. The fourth-order valence-electron chi connectivity index (χ4n) is 2.04. The normalized spacial score (nSPS) is 16.2. The van der Waals surface area contributed by atoms with E-state index in [1.54, 1.807) is 0 Å². The fraction of sp³-hybridized carbons (Fsp3) is 0.467. The molecule has 0 aromatic heterocycles. The van der Waals surface area contributed by atoms with E-state index in [0.717, 1.165) is 31.5 Å². The molecule has 0 amide bonds. The van der Waals surface area contributed by atoms with Gasteiger partial charge in [-0.3, -0.25) is 0 Å². The third-order valence-electron chi connectivity index (χ3n) is 2.84. The van der Waals surface area contributed by atoms with Crippen molar-refractivity contribution >= 4 is 7.85 Å². The van der Waals surface area contributed by atoms with E-state index in [4.69, 9.17) is 7.85 Å². The average molecular weight is 242 g/mol. The maximum absolute atomic E-state index is 5.86. The topological polar surface area (TPSA) is 15.3 Å². The van der Waals surface area contributed by atoms with Crippen molar-refractivity contribution in [2.75, 3.05) is 13.2 Å². The molecule has 0 aliphatic carbocycles. The minimum Gasteiger partial charge on any atom is -0.374 e. The lowest BCUT2D eigenvalue weighted by Gasteiger charge is -2.30. The third kappa shape index (κ3) is 4.86. The van der Waals surface area contributed by atoms with Crippen LogP contribution in [-0.2, 0) is 0 Å². The van der Waals surface area contributed by atoms with Crippen molar-refractivity contribution in [2.45, 2.75) is 33.6 Å². The van der Waals surface area contributed by atoms with Crippen LogP contribution >= 0.6 is 0 Å². The minimum atomic E-state index is 0.793. The van der Waals surface area contributed by atoms with Crippen molar-refractivity contribution in [1.82, 2.24) is 10.2 Å². The molecule has 0 bridgehead atoms. The van der Waals surface area contributed by atoms with Crippen molar-refractivity contribution in [3.05, 3.63) is 47.2 Å². The van der Waals surface area contributed by atoms with Crippen LogP contribution in [0.4, 0.5) is 0 Å². The van der Waals surface area contributed by atoms with Crippen LogP contribution in [0.25, 0.3) is 0 Å². The molecule has 3 heteroatoms. The summed E-state index contributed by atoms with van der Waals surface area (Å²) >= 11 is 0. The maximum Gasteiger partial charge on any atom is 0.110 e.